The Morgan fingerprint density at radius 1 is 1.03 bits per heavy atom. The number of amides is 1. The average molecular weight is 496 g/mol. The van der Waals surface area contributed by atoms with Gasteiger partial charge in [0, 0.05) is 62.6 Å². The number of carbonyl (C=O) groups is 1. The molecule has 0 unspecified atom stereocenters. The van der Waals surface area contributed by atoms with Gasteiger partial charge in [0.1, 0.15) is 11.4 Å². The number of rotatable bonds is 4. The number of pyridine rings is 2. The van der Waals surface area contributed by atoms with Gasteiger partial charge in [0.15, 0.2) is 0 Å². The molecule has 9 nitrogen and oxygen atoms in total. The molecule has 2 fully saturated rings. The van der Waals surface area contributed by atoms with Gasteiger partial charge in [-0.05, 0) is 49.1 Å². The maximum Gasteiger partial charge on any atom is 0.259 e. The third kappa shape index (κ3) is 4.55. The van der Waals surface area contributed by atoms with Crippen LogP contribution in [-0.2, 0) is 10.0 Å². The predicted octanol–water partition coefficient (Wildman–Crippen LogP) is 2.31. The summed E-state index contributed by atoms with van der Waals surface area (Å²) in [5.74, 6) is 1.01. The molecule has 0 bridgehead atoms. The number of nitrogens with one attached hydrogen (secondary N) is 1. The van der Waals surface area contributed by atoms with Crippen molar-refractivity contribution in [3.05, 3.63) is 64.6 Å². The number of benzene rings is 1. The lowest BCUT2D eigenvalue weighted by molar-refractivity contribution is 0.0745. The minimum absolute atomic E-state index is 0.0186. The second-order valence-electron chi connectivity index (χ2n) is 9.29. The topological polar surface area (TPSA) is 107 Å². The number of anilines is 1. The van der Waals surface area contributed by atoms with Crippen LogP contribution in [0.4, 0.5) is 5.82 Å². The molecule has 0 radical (unpaired) electrons. The molecule has 3 aromatic rings. The van der Waals surface area contributed by atoms with Gasteiger partial charge in [-0.15, -0.1) is 0 Å². The van der Waals surface area contributed by atoms with Crippen LogP contribution in [0.15, 0.2) is 58.5 Å². The van der Waals surface area contributed by atoms with Gasteiger partial charge in [-0.2, -0.15) is 4.31 Å². The van der Waals surface area contributed by atoms with Crippen molar-refractivity contribution in [2.75, 3.05) is 44.2 Å². The Kier molecular flexibility index (Phi) is 6.33. The van der Waals surface area contributed by atoms with Gasteiger partial charge < -0.3 is 14.8 Å². The van der Waals surface area contributed by atoms with E-state index in [-0.39, 0.29) is 21.8 Å². The number of carbonyl (C=O) groups excluding carboxylic acids is 1. The number of sulfonamides is 1. The first-order valence-electron chi connectivity index (χ1n) is 12.0. The third-order valence-corrected chi connectivity index (χ3v) is 8.90. The number of hydrogen-bond donors (Lipinski definition) is 1. The molecule has 0 aliphatic carbocycles. The zero-order valence-electron chi connectivity index (χ0n) is 19.7. The number of H-pyrrole nitrogens is 1. The van der Waals surface area contributed by atoms with E-state index < -0.39 is 15.5 Å². The molecule has 1 aromatic carbocycles. The first-order chi connectivity index (χ1) is 16.8. The minimum atomic E-state index is -3.71. The number of nitrogens with zero attached hydrogens (tertiary/aromatic N) is 4. The van der Waals surface area contributed by atoms with Gasteiger partial charge in [-0.3, -0.25) is 9.59 Å². The van der Waals surface area contributed by atoms with Gasteiger partial charge in [-0.25, -0.2) is 13.4 Å². The van der Waals surface area contributed by atoms with Crippen LogP contribution in [0.5, 0.6) is 0 Å². The summed E-state index contributed by atoms with van der Waals surface area (Å²) in [7, 11) is -3.71. The summed E-state index contributed by atoms with van der Waals surface area (Å²) < 4.78 is 27.9. The fourth-order valence-electron chi connectivity index (χ4n) is 4.74. The maximum atomic E-state index is 13.3. The molecule has 2 aliphatic heterocycles. The van der Waals surface area contributed by atoms with E-state index in [4.69, 9.17) is 0 Å². The smallest absolute Gasteiger partial charge is 0.259 e. The SMILES string of the molecule is CC1CCN(S(=O)(=O)c2ccc3[nH]cc(C(=O)N4CCN(c5ccccn5)CC4)c(=O)c3c2)CC1. The largest absolute Gasteiger partial charge is 0.360 e. The normalized spacial score (nSPS) is 18.2. The van der Waals surface area contributed by atoms with Crippen molar-refractivity contribution < 1.29 is 13.2 Å². The van der Waals surface area contributed by atoms with Crippen LogP contribution < -0.4 is 10.3 Å². The lowest BCUT2D eigenvalue weighted by Gasteiger charge is -2.35. The monoisotopic (exact) mass is 495 g/mol. The van der Waals surface area contributed by atoms with E-state index in [2.05, 4.69) is 21.8 Å². The van der Waals surface area contributed by atoms with Crippen LogP contribution >= 0.6 is 0 Å². The van der Waals surface area contributed by atoms with Crippen molar-refractivity contribution >= 4 is 32.7 Å². The quantitative estimate of drug-likeness (QED) is 0.595. The molecule has 5 rings (SSSR count). The average Bonchev–Trinajstić information content (AvgIpc) is 2.89. The first-order valence-corrected chi connectivity index (χ1v) is 13.4. The summed E-state index contributed by atoms with van der Waals surface area (Å²) in [6, 6.07) is 10.2. The zero-order valence-corrected chi connectivity index (χ0v) is 20.5. The second kappa shape index (κ2) is 9.43. The second-order valence-corrected chi connectivity index (χ2v) is 11.2. The van der Waals surface area contributed by atoms with Crippen LogP contribution in [0, 0.1) is 5.92 Å². The summed E-state index contributed by atoms with van der Waals surface area (Å²) in [4.78, 5) is 37.7. The molecule has 10 heteroatoms. The highest BCUT2D eigenvalue weighted by Gasteiger charge is 2.29. The number of aromatic amines is 1. The Labute approximate surface area is 204 Å². The van der Waals surface area contributed by atoms with E-state index in [1.807, 2.05) is 18.2 Å². The van der Waals surface area contributed by atoms with Crippen molar-refractivity contribution in [3.8, 4) is 0 Å². The van der Waals surface area contributed by atoms with Crippen LogP contribution in [0.25, 0.3) is 10.9 Å². The van der Waals surface area contributed by atoms with Crippen molar-refractivity contribution in [1.82, 2.24) is 19.2 Å². The Morgan fingerprint density at radius 3 is 2.46 bits per heavy atom. The number of hydrogen-bond acceptors (Lipinski definition) is 6. The molecule has 2 aliphatic rings. The van der Waals surface area contributed by atoms with Gasteiger partial charge >= 0.3 is 0 Å². The Balaban J connectivity index is 1.38. The lowest BCUT2D eigenvalue weighted by Crippen LogP contribution is -2.49. The summed E-state index contributed by atoms with van der Waals surface area (Å²) in [5, 5.41) is 0.203. The Hall–Kier alpha value is -3.24. The number of aromatic nitrogens is 2. The van der Waals surface area contributed by atoms with E-state index in [1.54, 1.807) is 17.2 Å². The first kappa shape index (κ1) is 23.5. The minimum Gasteiger partial charge on any atom is -0.360 e. The number of piperazine rings is 1. The molecule has 2 saturated heterocycles. The van der Waals surface area contributed by atoms with Crippen LogP contribution in [-0.4, -0.2) is 72.8 Å². The molecular weight excluding hydrogens is 466 g/mol. The van der Waals surface area contributed by atoms with Crippen LogP contribution in [0.2, 0.25) is 0 Å². The molecular formula is C25H29N5O4S. The van der Waals surface area contributed by atoms with E-state index >= 15 is 0 Å². The van der Waals surface area contributed by atoms with Crippen molar-refractivity contribution in [1.29, 1.82) is 0 Å². The lowest BCUT2D eigenvalue weighted by atomic mass is 10.0. The van der Waals surface area contributed by atoms with Crippen LogP contribution in [0.1, 0.15) is 30.1 Å². The maximum absolute atomic E-state index is 13.3. The van der Waals surface area contributed by atoms with E-state index in [1.165, 1.54) is 22.6 Å². The van der Waals surface area contributed by atoms with Gasteiger partial charge in [0.2, 0.25) is 15.5 Å². The highest BCUT2D eigenvalue weighted by molar-refractivity contribution is 7.89. The highest BCUT2D eigenvalue weighted by atomic mass is 32.2. The molecule has 1 N–H and O–H groups in total. The highest BCUT2D eigenvalue weighted by Crippen LogP contribution is 2.25. The molecule has 4 heterocycles. The fourth-order valence-corrected chi connectivity index (χ4v) is 6.24. The molecule has 2 aromatic heterocycles. The van der Waals surface area contributed by atoms with Gasteiger partial charge in [0.05, 0.1) is 4.90 Å². The standard InChI is InChI=1S/C25H29N5O4S/c1-18-7-10-30(11-8-18)35(33,34)19-5-6-22-20(16-19)24(31)21(17-27-22)25(32)29-14-12-28(13-15-29)23-4-2-3-9-26-23/h2-6,9,16-18H,7-8,10-15H2,1H3,(H,27,31). The van der Waals surface area contributed by atoms with Crippen molar-refractivity contribution in [3.63, 3.8) is 0 Å². The summed E-state index contributed by atoms with van der Waals surface area (Å²) in [6.45, 7) is 5.23. The van der Waals surface area contributed by atoms with E-state index in [0.717, 1.165) is 18.7 Å². The summed E-state index contributed by atoms with van der Waals surface area (Å²) >= 11 is 0. The van der Waals surface area contributed by atoms with Crippen LogP contribution in [0.3, 0.4) is 0 Å². The van der Waals surface area contributed by atoms with Crippen molar-refractivity contribution in [2.45, 2.75) is 24.7 Å². The Bertz CT molecular complexity index is 1390. The summed E-state index contributed by atoms with van der Waals surface area (Å²) in [6.07, 6.45) is 4.80. The molecule has 0 spiro atoms. The molecule has 0 saturated carbocycles. The number of piperidine rings is 1. The third-order valence-electron chi connectivity index (χ3n) is 7.00. The van der Waals surface area contributed by atoms with Crippen molar-refractivity contribution in [2.24, 2.45) is 5.92 Å². The number of fused-ring (bicyclic) bond motifs is 1. The molecule has 1 amide bonds. The summed E-state index contributed by atoms with van der Waals surface area (Å²) in [5.41, 5.74) is 0.0584. The molecule has 35 heavy (non-hydrogen) atoms. The van der Waals surface area contributed by atoms with Gasteiger partial charge in [-0.1, -0.05) is 13.0 Å². The van der Waals surface area contributed by atoms with Gasteiger partial charge in [0.25, 0.3) is 5.91 Å². The zero-order chi connectivity index (χ0) is 24.6. The Morgan fingerprint density at radius 2 is 1.77 bits per heavy atom. The van der Waals surface area contributed by atoms with E-state index in [9.17, 15) is 18.0 Å². The van der Waals surface area contributed by atoms with E-state index in [0.29, 0.717) is 50.7 Å². The molecule has 184 valence electrons. The fraction of sp³-hybridized carbons (Fsp3) is 0.400. The predicted molar refractivity (Wildman–Crippen MR) is 134 cm³/mol. The molecule has 0 atom stereocenters.